The van der Waals surface area contributed by atoms with Gasteiger partial charge < -0.3 is 15.8 Å². The Morgan fingerprint density at radius 2 is 1.84 bits per heavy atom. The number of nitrogens with two attached hydrogens (primary N) is 1. The van der Waals surface area contributed by atoms with E-state index in [1.54, 1.807) is 18.3 Å². The van der Waals surface area contributed by atoms with E-state index in [0.717, 1.165) is 27.9 Å². The number of H-pyrrole nitrogens is 1. The second-order valence-corrected chi connectivity index (χ2v) is 8.21. The normalized spacial score (nSPS) is 11.8. The smallest absolute Gasteiger partial charge is 0.475 e. The Balaban J connectivity index is 0.000000423. The lowest BCUT2D eigenvalue weighted by Crippen LogP contribution is -2.26. The number of rotatable bonds is 6. The number of pyridine rings is 1. The van der Waals surface area contributed by atoms with Gasteiger partial charge >= 0.3 is 12.1 Å². The van der Waals surface area contributed by atoms with Gasteiger partial charge in [-0.3, -0.25) is 0 Å². The number of fused-ring (bicyclic) bond motifs is 1. The van der Waals surface area contributed by atoms with E-state index in [-0.39, 0.29) is 4.90 Å². The molecule has 0 atom stereocenters. The summed E-state index contributed by atoms with van der Waals surface area (Å²) in [5.41, 5.74) is 9.21. The van der Waals surface area contributed by atoms with E-state index >= 15 is 0 Å². The van der Waals surface area contributed by atoms with Crippen molar-refractivity contribution in [2.75, 3.05) is 13.1 Å². The Hall–Kier alpha value is -2.96. The van der Waals surface area contributed by atoms with E-state index in [0.29, 0.717) is 19.5 Å². The number of aryl methyl sites for hydroxylation is 1. The molecule has 3 aromatic rings. The zero-order valence-corrected chi connectivity index (χ0v) is 17.2. The van der Waals surface area contributed by atoms with Crippen molar-refractivity contribution >= 4 is 27.0 Å². The molecule has 2 aromatic heterocycles. The van der Waals surface area contributed by atoms with E-state index in [4.69, 9.17) is 15.6 Å². The quantitative estimate of drug-likeness (QED) is 0.419. The van der Waals surface area contributed by atoms with Crippen LogP contribution in [0.3, 0.4) is 0 Å². The summed E-state index contributed by atoms with van der Waals surface area (Å²) in [7, 11) is -3.49. The molecule has 0 fully saturated rings. The highest BCUT2D eigenvalue weighted by Gasteiger charge is 2.38. The largest absolute Gasteiger partial charge is 0.490 e. The Kier molecular flexibility index (Phi) is 7.76. The van der Waals surface area contributed by atoms with Crippen LogP contribution in [0.2, 0.25) is 0 Å². The third-order valence-electron chi connectivity index (χ3n) is 4.06. The molecule has 0 bridgehead atoms. The van der Waals surface area contributed by atoms with Crippen molar-refractivity contribution in [2.45, 2.75) is 24.4 Å². The van der Waals surface area contributed by atoms with Crippen LogP contribution >= 0.6 is 0 Å². The number of carbonyl (C=O) groups is 1. The first-order valence-electron chi connectivity index (χ1n) is 9.00. The zero-order chi connectivity index (χ0) is 23.2. The van der Waals surface area contributed by atoms with Crippen molar-refractivity contribution in [3.8, 4) is 11.1 Å². The molecule has 3 rings (SSSR count). The summed E-state index contributed by atoms with van der Waals surface area (Å²) < 4.78 is 58.7. The fraction of sp³-hybridized carbons (Fsp3) is 0.263. The summed E-state index contributed by atoms with van der Waals surface area (Å²) in [6.07, 6.45) is -2.73. The topological polar surface area (TPSA) is 138 Å². The predicted molar refractivity (Wildman–Crippen MR) is 109 cm³/mol. The summed E-state index contributed by atoms with van der Waals surface area (Å²) in [6.45, 7) is 2.78. The van der Waals surface area contributed by atoms with Gasteiger partial charge in [-0.25, -0.2) is 22.9 Å². The monoisotopic (exact) mass is 458 g/mol. The second kappa shape index (κ2) is 9.90. The molecule has 31 heavy (non-hydrogen) atoms. The third-order valence-corrected chi connectivity index (χ3v) is 5.53. The molecule has 8 nitrogen and oxygen atoms in total. The van der Waals surface area contributed by atoms with E-state index in [1.807, 2.05) is 31.2 Å². The van der Waals surface area contributed by atoms with E-state index in [2.05, 4.69) is 14.7 Å². The minimum atomic E-state index is -5.08. The Morgan fingerprint density at radius 1 is 1.23 bits per heavy atom. The Morgan fingerprint density at radius 3 is 2.39 bits per heavy atom. The number of halogens is 3. The van der Waals surface area contributed by atoms with Crippen molar-refractivity contribution in [1.82, 2.24) is 14.7 Å². The van der Waals surface area contributed by atoms with Crippen LogP contribution in [-0.4, -0.2) is 48.7 Å². The second-order valence-electron chi connectivity index (χ2n) is 6.44. The molecule has 5 N–H and O–H groups in total. The van der Waals surface area contributed by atoms with Gasteiger partial charge in [0.05, 0.1) is 4.90 Å². The molecule has 0 aliphatic rings. The number of nitrogens with zero attached hydrogens (tertiary/aromatic N) is 1. The molecule has 0 unspecified atom stereocenters. The standard InChI is InChI=1S/C17H20N4O2S.C2HF3O2/c1-12-11-16-15(7-10-19-17(16)21-12)13-3-5-14(6-4-13)24(22,23)20-9-2-8-18;3-2(4,5)1(6)7/h3-7,10-11,20H,2,8-9,18H2,1H3,(H,19,21);(H,6,7). The summed E-state index contributed by atoms with van der Waals surface area (Å²) in [5, 5.41) is 8.15. The van der Waals surface area contributed by atoms with Crippen molar-refractivity contribution in [2.24, 2.45) is 5.73 Å². The summed E-state index contributed by atoms with van der Waals surface area (Å²) >= 11 is 0. The van der Waals surface area contributed by atoms with Crippen molar-refractivity contribution in [3.63, 3.8) is 0 Å². The molecular weight excluding hydrogens is 437 g/mol. The fourth-order valence-corrected chi connectivity index (χ4v) is 3.69. The third kappa shape index (κ3) is 6.51. The minimum Gasteiger partial charge on any atom is -0.475 e. The van der Waals surface area contributed by atoms with Gasteiger partial charge in [0, 0.05) is 23.8 Å². The lowest BCUT2D eigenvalue weighted by atomic mass is 10.0. The highest BCUT2D eigenvalue weighted by Crippen LogP contribution is 2.28. The van der Waals surface area contributed by atoms with Gasteiger partial charge in [0.15, 0.2) is 0 Å². The van der Waals surface area contributed by atoms with Crippen LogP contribution in [0.4, 0.5) is 13.2 Å². The van der Waals surface area contributed by atoms with Gasteiger partial charge in [0.2, 0.25) is 10.0 Å². The number of aromatic amines is 1. The number of hydrogen-bond acceptors (Lipinski definition) is 5. The summed E-state index contributed by atoms with van der Waals surface area (Å²) in [6, 6.07) is 10.8. The number of aromatic nitrogens is 2. The molecule has 2 heterocycles. The van der Waals surface area contributed by atoms with Crippen LogP contribution in [0, 0.1) is 6.92 Å². The molecule has 1 aromatic carbocycles. The van der Waals surface area contributed by atoms with Gasteiger partial charge in [-0.1, -0.05) is 12.1 Å². The van der Waals surface area contributed by atoms with Crippen molar-refractivity contribution in [3.05, 3.63) is 48.3 Å². The maximum atomic E-state index is 12.2. The van der Waals surface area contributed by atoms with Gasteiger partial charge in [-0.2, -0.15) is 13.2 Å². The number of aliphatic carboxylic acids is 1. The average molecular weight is 458 g/mol. The lowest BCUT2D eigenvalue weighted by Gasteiger charge is -2.08. The molecule has 0 radical (unpaired) electrons. The number of carboxylic acids is 1. The fourth-order valence-electron chi connectivity index (χ4n) is 2.62. The highest BCUT2D eigenvalue weighted by molar-refractivity contribution is 7.89. The molecule has 0 aliphatic carbocycles. The SMILES string of the molecule is Cc1cc2c(-c3ccc(S(=O)(=O)NCCCN)cc3)ccnc2[nH]1.O=C(O)C(F)(F)F. The molecule has 12 heteroatoms. The number of nitrogens with one attached hydrogen (secondary N) is 2. The molecule has 0 spiro atoms. The first kappa shape index (κ1) is 24.3. The molecular formula is C19H21F3N4O4S. The zero-order valence-electron chi connectivity index (χ0n) is 16.4. The summed E-state index contributed by atoms with van der Waals surface area (Å²) in [4.78, 5) is 16.7. The van der Waals surface area contributed by atoms with Crippen LogP contribution in [0.15, 0.2) is 47.5 Å². The minimum absolute atomic E-state index is 0.249. The number of benzene rings is 1. The first-order valence-corrected chi connectivity index (χ1v) is 10.5. The van der Waals surface area contributed by atoms with Gasteiger partial charge in [-0.15, -0.1) is 0 Å². The first-order chi connectivity index (χ1) is 14.5. The van der Waals surface area contributed by atoms with Gasteiger partial charge in [0.1, 0.15) is 5.65 Å². The summed E-state index contributed by atoms with van der Waals surface area (Å²) in [5.74, 6) is -2.76. The van der Waals surface area contributed by atoms with E-state index in [9.17, 15) is 21.6 Å². The number of sulfonamides is 1. The van der Waals surface area contributed by atoms with Crippen LogP contribution < -0.4 is 10.5 Å². The van der Waals surface area contributed by atoms with Crippen LogP contribution in [0.5, 0.6) is 0 Å². The molecule has 0 saturated heterocycles. The Labute approximate surface area is 176 Å². The van der Waals surface area contributed by atoms with E-state index in [1.165, 1.54) is 0 Å². The molecule has 0 aliphatic heterocycles. The maximum absolute atomic E-state index is 12.2. The van der Waals surface area contributed by atoms with Crippen LogP contribution in [-0.2, 0) is 14.8 Å². The predicted octanol–water partition coefficient (Wildman–Crippen LogP) is 2.80. The number of carboxylic acid groups (broad SMARTS) is 1. The maximum Gasteiger partial charge on any atom is 0.490 e. The number of hydrogen-bond donors (Lipinski definition) is 4. The van der Waals surface area contributed by atoms with Crippen molar-refractivity contribution in [1.29, 1.82) is 0 Å². The number of alkyl halides is 3. The average Bonchev–Trinajstić information content (AvgIpc) is 3.08. The van der Waals surface area contributed by atoms with Crippen LogP contribution in [0.25, 0.3) is 22.2 Å². The van der Waals surface area contributed by atoms with Gasteiger partial charge in [0.25, 0.3) is 0 Å². The van der Waals surface area contributed by atoms with Crippen LogP contribution in [0.1, 0.15) is 12.1 Å². The molecule has 0 amide bonds. The van der Waals surface area contributed by atoms with Crippen molar-refractivity contribution < 1.29 is 31.5 Å². The molecule has 0 saturated carbocycles. The molecule has 168 valence electrons. The Bertz CT molecular complexity index is 1140. The van der Waals surface area contributed by atoms with Gasteiger partial charge in [-0.05, 0) is 55.3 Å². The highest BCUT2D eigenvalue weighted by atomic mass is 32.2. The lowest BCUT2D eigenvalue weighted by molar-refractivity contribution is -0.192. The van der Waals surface area contributed by atoms with E-state index < -0.39 is 22.2 Å².